The average Bonchev–Trinajstić information content (AvgIpc) is 2.31. The minimum absolute atomic E-state index is 0.147. The number of hydrogen-bond donors (Lipinski definition) is 1. The van der Waals surface area contributed by atoms with Crippen LogP contribution < -0.4 is 5.73 Å². The summed E-state index contributed by atoms with van der Waals surface area (Å²) in [6.07, 6.45) is 0.639. The summed E-state index contributed by atoms with van der Waals surface area (Å²) in [5.41, 5.74) is 6.37. The third kappa shape index (κ3) is 2.80. The first-order valence-electron chi connectivity index (χ1n) is 5.68. The topological polar surface area (TPSA) is 29.3 Å². The van der Waals surface area contributed by atoms with Gasteiger partial charge in [-0.3, -0.25) is 4.90 Å². The molecule has 1 rings (SSSR count). The summed E-state index contributed by atoms with van der Waals surface area (Å²) >= 11 is 0. The van der Waals surface area contributed by atoms with Gasteiger partial charge in [0.15, 0.2) is 0 Å². The highest BCUT2D eigenvalue weighted by atomic mass is 19.1. The van der Waals surface area contributed by atoms with E-state index in [1.165, 1.54) is 6.07 Å². The van der Waals surface area contributed by atoms with Crippen molar-refractivity contribution < 1.29 is 4.39 Å². The van der Waals surface area contributed by atoms with Crippen LogP contribution in [0.2, 0.25) is 0 Å². The molecular formula is C13H21FN2. The van der Waals surface area contributed by atoms with Crippen molar-refractivity contribution in [3.8, 4) is 0 Å². The largest absolute Gasteiger partial charge is 0.329 e. The second kappa shape index (κ2) is 5.41. The molecule has 1 atom stereocenters. The molecule has 16 heavy (non-hydrogen) atoms. The minimum atomic E-state index is -0.184. The van der Waals surface area contributed by atoms with E-state index in [1.807, 2.05) is 19.2 Å². The second-order valence-electron chi connectivity index (χ2n) is 4.48. The highest BCUT2D eigenvalue weighted by molar-refractivity contribution is 5.20. The summed E-state index contributed by atoms with van der Waals surface area (Å²) in [4.78, 5) is 2.17. The van der Waals surface area contributed by atoms with Crippen LogP contribution >= 0.6 is 0 Å². The van der Waals surface area contributed by atoms with Crippen molar-refractivity contribution in [1.29, 1.82) is 0 Å². The number of nitrogens with two attached hydrogens (primary N) is 1. The van der Waals surface area contributed by atoms with Crippen molar-refractivity contribution in [2.75, 3.05) is 20.1 Å². The van der Waals surface area contributed by atoms with Gasteiger partial charge in [0.25, 0.3) is 0 Å². The lowest BCUT2D eigenvalue weighted by atomic mass is 9.91. The second-order valence-corrected chi connectivity index (χ2v) is 4.48. The van der Waals surface area contributed by atoms with Gasteiger partial charge in [0.2, 0.25) is 0 Å². The molecule has 1 unspecified atom stereocenters. The smallest absolute Gasteiger partial charge is 0.126 e. The van der Waals surface area contributed by atoms with Crippen molar-refractivity contribution in [2.45, 2.75) is 25.8 Å². The zero-order valence-corrected chi connectivity index (χ0v) is 10.3. The molecule has 0 radical (unpaired) electrons. The van der Waals surface area contributed by atoms with E-state index in [-0.39, 0.29) is 11.4 Å². The van der Waals surface area contributed by atoms with Crippen molar-refractivity contribution in [2.24, 2.45) is 5.73 Å². The summed E-state index contributed by atoms with van der Waals surface area (Å²) in [5.74, 6) is -0.147. The highest BCUT2D eigenvalue weighted by Crippen LogP contribution is 2.20. The van der Waals surface area contributed by atoms with Crippen molar-refractivity contribution in [3.05, 3.63) is 35.6 Å². The Labute approximate surface area is 97.3 Å². The monoisotopic (exact) mass is 224 g/mol. The quantitative estimate of drug-likeness (QED) is 0.829. The van der Waals surface area contributed by atoms with Crippen molar-refractivity contribution >= 4 is 0 Å². The Bertz CT molecular complexity index is 340. The fraction of sp³-hybridized carbons (Fsp3) is 0.538. The summed E-state index contributed by atoms with van der Waals surface area (Å²) in [7, 11) is 2.02. The molecule has 0 bridgehead atoms. The molecule has 2 nitrogen and oxygen atoms in total. The summed E-state index contributed by atoms with van der Waals surface area (Å²) in [6, 6.07) is 6.90. The van der Waals surface area contributed by atoms with E-state index in [0.29, 0.717) is 13.0 Å². The van der Waals surface area contributed by atoms with E-state index in [9.17, 15) is 4.39 Å². The van der Waals surface area contributed by atoms with Crippen LogP contribution in [0, 0.1) is 5.82 Å². The molecule has 2 N–H and O–H groups in total. The van der Waals surface area contributed by atoms with Gasteiger partial charge in [-0.05, 0) is 38.6 Å². The van der Waals surface area contributed by atoms with E-state index >= 15 is 0 Å². The van der Waals surface area contributed by atoms with Crippen LogP contribution in [0.5, 0.6) is 0 Å². The Hall–Kier alpha value is -0.930. The lowest BCUT2D eigenvalue weighted by Crippen LogP contribution is -2.51. The zero-order chi connectivity index (χ0) is 12.2. The van der Waals surface area contributed by atoms with E-state index in [1.54, 1.807) is 6.07 Å². The van der Waals surface area contributed by atoms with Gasteiger partial charge >= 0.3 is 0 Å². The van der Waals surface area contributed by atoms with Gasteiger partial charge in [-0.1, -0.05) is 25.1 Å². The van der Waals surface area contributed by atoms with E-state index in [4.69, 9.17) is 5.73 Å². The number of rotatable bonds is 5. The molecule has 0 saturated carbocycles. The highest BCUT2D eigenvalue weighted by Gasteiger charge is 2.27. The van der Waals surface area contributed by atoms with Gasteiger partial charge in [-0.15, -0.1) is 0 Å². The number of nitrogens with zero attached hydrogens (tertiary/aromatic N) is 1. The molecule has 0 heterocycles. The first kappa shape index (κ1) is 13.1. The van der Waals surface area contributed by atoms with Crippen LogP contribution in [0.25, 0.3) is 0 Å². The third-order valence-corrected chi connectivity index (χ3v) is 3.36. The summed E-state index contributed by atoms with van der Waals surface area (Å²) in [6.45, 7) is 5.58. The maximum Gasteiger partial charge on any atom is 0.126 e. The van der Waals surface area contributed by atoms with Gasteiger partial charge in [0.05, 0.1) is 0 Å². The molecule has 1 aromatic carbocycles. The number of likely N-dealkylation sites (N-methyl/N-ethyl adjacent to an activating group) is 1. The van der Waals surface area contributed by atoms with Gasteiger partial charge < -0.3 is 5.73 Å². The standard InChI is InChI=1S/C13H21FN2/c1-4-16(3)13(2,10-15)9-11-7-5-6-8-12(11)14/h5-8H,4,9-10,15H2,1-3H3. The molecule has 0 amide bonds. The predicted molar refractivity (Wildman–Crippen MR) is 65.9 cm³/mol. The minimum Gasteiger partial charge on any atom is -0.329 e. The van der Waals surface area contributed by atoms with Crippen LogP contribution in [0.15, 0.2) is 24.3 Å². The van der Waals surface area contributed by atoms with Crippen LogP contribution in [-0.4, -0.2) is 30.6 Å². The van der Waals surface area contributed by atoms with Gasteiger partial charge in [0, 0.05) is 12.1 Å². The average molecular weight is 224 g/mol. The van der Waals surface area contributed by atoms with E-state index in [2.05, 4.69) is 18.7 Å². The van der Waals surface area contributed by atoms with Gasteiger partial charge in [-0.25, -0.2) is 4.39 Å². The number of halogens is 1. The Morgan fingerprint density at radius 2 is 2.00 bits per heavy atom. The Balaban J connectivity index is 2.89. The molecular weight excluding hydrogens is 203 g/mol. The summed E-state index contributed by atoms with van der Waals surface area (Å²) < 4.78 is 13.6. The molecule has 1 aromatic rings. The predicted octanol–water partition coefficient (Wildman–Crippen LogP) is 2.04. The van der Waals surface area contributed by atoms with Crippen LogP contribution in [0.4, 0.5) is 4.39 Å². The lowest BCUT2D eigenvalue weighted by molar-refractivity contribution is 0.151. The molecule has 0 aliphatic heterocycles. The third-order valence-electron chi connectivity index (χ3n) is 3.36. The molecule has 0 spiro atoms. The van der Waals surface area contributed by atoms with Crippen molar-refractivity contribution in [1.82, 2.24) is 4.90 Å². The molecule has 0 fully saturated rings. The Kier molecular flexibility index (Phi) is 4.44. The number of hydrogen-bond acceptors (Lipinski definition) is 2. The van der Waals surface area contributed by atoms with Gasteiger partial charge in [-0.2, -0.15) is 0 Å². The fourth-order valence-corrected chi connectivity index (χ4v) is 1.80. The maximum atomic E-state index is 13.6. The fourth-order valence-electron chi connectivity index (χ4n) is 1.80. The van der Waals surface area contributed by atoms with E-state index < -0.39 is 0 Å². The van der Waals surface area contributed by atoms with Gasteiger partial charge in [0.1, 0.15) is 5.82 Å². The van der Waals surface area contributed by atoms with Crippen molar-refractivity contribution in [3.63, 3.8) is 0 Å². The lowest BCUT2D eigenvalue weighted by Gasteiger charge is -2.37. The maximum absolute atomic E-state index is 13.6. The van der Waals surface area contributed by atoms with Crippen LogP contribution in [-0.2, 0) is 6.42 Å². The molecule has 0 aliphatic carbocycles. The molecule has 0 aliphatic rings. The molecule has 3 heteroatoms. The number of benzene rings is 1. The first-order valence-corrected chi connectivity index (χ1v) is 5.68. The summed E-state index contributed by atoms with van der Waals surface area (Å²) in [5, 5.41) is 0. The van der Waals surface area contributed by atoms with Crippen LogP contribution in [0.1, 0.15) is 19.4 Å². The normalized spacial score (nSPS) is 15.1. The van der Waals surface area contributed by atoms with Crippen LogP contribution in [0.3, 0.4) is 0 Å². The SMILES string of the molecule is CCN(C)C(C)(CN)Cc1ccccc1F. The van der Waals surface area contributed by atoms with E-state index in [0.717, 1.165) is 12.1 Å². The first-order chi connectivity index (χ1) is 7.53. The Morgan fingerprint density at radius 3 is 2.50 bits per heavy atom. The zero-order valence-electron chi connectivity index (χ0n) is 10.3. The Morgan fingerprint density at radius 1 is 1.38 bits per heavy atom. The molecule has 0 saturated heterocycles. The molecule has 0 aromatic heterocycles. The molecule has 90 valence electrons.